The maximum absolute atomic E-state index is 12.6. The molecule has 0 atom stereocenters. The Balaban J connectivity index is 1.37. The van der Waals surface area contributed by atoms with Crippen LogP contribution in [0.15, 0.2) is 91.3 Å². The third kappa shape index (κ3) is 5.27. The Morgan fingerprint density at radius 2 is 1.77 bits per heavy atom. The van der Waals surface area contributed by atoms with E-state index in [9.17, 15) is 4.79 Å². The van der Waals surface area contributed by atoms with E-state index >= 15 is 0 Å². The molecule has 0 saturated heterocycles. The molecule has 0 saturated carbocycles. The van der Waals surface area contributed by atoms with Crippen LogP contribution in [0.1, 0.15) is 21.5 Å². The van der Waals surface area contributed by atoms with Gasteiger partial charge in [-0.1, -0.05) is 60.1 Å². The van der Waals surface area contributed by atoms with Gasteiger partial charge in [0.1, 0.15) is 12.4 Å². The van der Waals surface area contributed by atoms with Crippen LogP contribution in [0, 0.1) is 0 Å². The molecule has 0 aliphatic carbocycles. The SMILES string of the molecule is O=C(Nc1cnn(Cc2ccccc2)c1)c1cccc(COc2cccc(Cl)c2)c1. The topological polar surface area (TPSA) is 56.2 Å². The highest BCUT2D eigenvalue weighted by Crippen LogP contribution is 2.19. The van der Waals surface area contributed by atoms with Crippen molar-refractivity contribution in [1.29, 1.82) is 0 Å². The lowest BCUT2D eigenvalue weighted by molar-refractivity contribution is 0.102. The van der Waals surface area contributed by atoms with Crippen molar-refractivity contribution in [2.24, 2.45) is 0 Å². The van der Waals surface area contributed by atoms with E-state index in [1.807, 2.05) is 66.9 Å². The van der Waals surface area contributed by atoms with Gasteiger partial charge in [0.25, 0.3) is 5.91 Å². The first-order valence-electron chi connectivity index (χ1n) is 9.51. The summed E-state index contributed by atoms with van der Waals surface area (Å²) in [6.07, 6.45) is 3.46. The molecule has 0 fully saturated rings. The molecular formula is C24H20ClN3O2. The molecule has 0 radical (unpaired) electrons. The van der Waals surface area contributed by atoms with E-state index in [-0.39, 0.29) is 5.91 Å². The Labute approximate surface area is 179 Å². The van der Waals surface area contributed by atoms with Crippen molar-refractivity contribution in [2.75, 3.05) is 5.32 Å². The van der Waals surface area contributed by atoms with E-state index in [4.69, 9.17) is 16.3 Å². The van der Waals surface area contributed by atoms with Gasteiger partial charge in [0, 0.05) is 16.8 Å². The van der Waals surface area contributed by atoms with Gasteiger partial charge in [-0.15, -0.1) is 0 Å². The van der Waals surface area contributed by atoms with E-state index < -0.39 is 0 Å². The van der Waals surface area contributed by atoms with Crippen LogP contribution >= 0.6 is 11.6 Å². The normalized spacial score (nSPS) is 10.6. The molecule has 0 aliphatic rings. The molecule has 5 nitrogen and oxygen atoms in total. The number of aromatic nitrogens is 2. The van der Waals surface area contributed by atoms with Gasteiger partial charge in [-0.3, -0.25) is 9.48 Å². The summed E-state index contributed by atoms with van der Waals surface area (Å²) in [6.45, 7) is 0.990. The second kappa shape index (κ2) is 9.29. The number of halogens is 1. The van der Waals surface area contributed by atoms with Gasteiger partial charge in [0.15, 0.2) is 0 Å². The second-order valence-electron chi connectivity index (χ2n) is 6.81. The van der Waals surface area contributed by atoms with E-state index in [2.05, 4.69) is 10.4 Å². The van der Waals surface area contributed by atoms with Crippen molar-refractivity contribution in [1.82, 2.24) is 9.78 Å². The number of anilines is 1. The van der Waals surface area contributed by atoms with E-state index in [1.165, 1.54) is 0 Å². The first kappa shape index (κ1) is 19.7. The summed E-state index contributed by atoms with van der Waals surface area (Å²) < 4.78 is 7.55. The summed E-state index contributed by atoms with van der Waals surface area (Å²) in [5, 5.41) is 7.83. The molecule has 6 heteroatoms. The minimum atomic E-state index is -0.195. The van der Waals surface area contributed by atoms with E-state index in [1.54, 1.807) is 29.1 Å². The number of hydrogen-bond acceptors (Lipinski definition) is 3. The van der Waals surface area contributed by atoms with Crippen molar-refractivity contribution in [3.8, 4) is 5.75 Å². The third-order valence-corrected chi connectivity index (χ3v) is 4.70. The Morgan fingerprint density at radius 3 is 2.60 bits per heavy atom. The number of nitrogens with zero attached hydrogens (tertiary/aromatic N) is 2. The maximum Gasteiger partial charge on any atom is 0.255 e. The minimum absolute atomic E-state index is 0.195. The highest BCUT2D eigenvalue weighted by atomic mass is 35.5. The van der Waals surface area contributed by atoms with Crippen molar-refractivity contribution < 1.29 is 9.53 Å². The first-order chi connectivity index (χ1) is 14.7. The molecule has 150 valence electrons. The lowest BCUT2D eigenvalue weighted by atomic mass is 10.1. The number of ether oxygens (including phenoxy) is 1. The zero-order valence-corrected chi connectivity index (χ0v) is 16.9. The number of nitrogens with one attached hydrogen (secondary N) is 1. The summed E-state index contributed by atoms with van der Waals surface area (Å²) in [5.74, 6) is 0.488. The smallest absolute Gasteiger partial charge is 0.255 e. The molecule has 3 aromatic carbocycles. The van der Waals surface area contributed by atoms with Crippen molar-refractivity contribution >= 4 is 23.2 Å². The zero-order valence-electron chi connectivity index (χ0n) is 16.2. The molecule has 0 aliphatic heterocycles. The number of hydrogen-bond donors (Lipinski definition) is 1. The highest BCUT2D eigenvalue weighted by Gasteiger charge is 2.09. The summed E-state index contributed by atoms with van der Waals surface area (Å²) in [5.41, 5.74) is 3.24. The molecule has 0 spiro atoms. The van der Waals surface area contributed by atoms with Crippen LogP contribution in [0.25, 0.3) is 0 Å². The number of carbonyl (C=O) groups excluding carboxylic acids is 1. The molecule has 1 heterocycles. The number of rotatable bonds is 7. The average Bonchev–Trinajstić information content (AvgIpc) is 3.20. The Kier molecular flexibility index (Phi) is 6.11. The third-order valence-electron chi connectivity index (χ3n) is 4.47. The lowest BCUT2D eigenvalue weighted by Gasteiger charge is -2.08. The van der Waals surface area contributed by atoms with Crippen LogP contribution in [-0.2, 0) is 13.2 Å². The highest BCUT2D eigenvalue weighted by molar-refractivity contribution is 6.30. The summed E-state index contributed by atoms with van der Waals surface area (Å²) >= 11 is 5.98. The summed E-state index contributed by atoms with van der Waals surface area (Å²) in [7, 11) is 0. The zero-order chi connectivity index (χ0) is 20.8. The van der Waals surface area contributed by atoms with Gasteiger partial charge in [0.05, 0.1) is 18.4 Å². The Hall–Kier alpha value is -3.57. The summed E-state index contributed by atoms with van der Waals surface area (Å²) in [4.78, 5) is 12.6. The fourth-order valence-corrected chi connectivity index (χ4v) is 3.19. The first-order valence-corrected chi connectivity index (χ1v) is 9.88. The van der Waals surface area contributed by atoms with Gasteiger partial charge in [-0.05, 0) is 41.5 Å². The predicted octanol–water partition coefficient (Wildman–Crippen LogP) is 5.42. The monoisotopic (exact) mass is 417 g/mol. The standard InChI is InChI=1S/C24H20ClN3O2/c25-21-10-5-11-23(13-21)30-17-19-8-4-9-20(12-19)24(29)27-22-14-26-28(16-22)15-18-6-2-1-3-7-18/h1-14,16H,15,17H2,(H,27,29). The summed E-state index contributed by atoms with van der Waals surface area (Å²) in [6, 6.07) is 24.6. The molecule has 0 bridgehead atoms. The second-order valence-corrected chi connectivity index (χ2v) is 7.25. The average molecular weight is 418 g/mol. The van der Waals surface area contributed by atoms with Crippen molar-refractivity contribution in [3.63, 3.8) is 0 Å². The van der Waals surface area contributed by atoms with Crippen molar-refractivity contribution in [2.45, 2.75) is 13.2 Å². The Bertz CT molecular complexity index is 1140. The van der Waals surface area contributed by atoms with E-state index in [0.29, 0.717) is 35.2 Å². The molecule has 4 aromatic rings. The molecule has 1 N–H and O–H groups in total. The van der Waals surface area contributed by atoms with Crippen LogP contribution in [-0.4, -0.2) is 15.7 Å². The maximum atomic E-state index is 12.6. The van der Waals surface area contributed by atoms with Gasteiger partial charge >= 0.3 is 0 Å². The van der Waals surface area contributed by atoms with E-state index in [0.717, 1.165) is 11.1 Å². The van der Waals surface area contributed by atoms with Crippen LogP contribution < -0.4 is 10.1 Å². The predicted molar refractivity (Wildman–Crippen MR) is 118 cm³/mol. The van der Waals surface area contributed by atoms with Crippen LogP contribution in [0.2, 0.25) is 5.02 Å². The van der Waals surface area contributed by atoms with Gasteiger partial charge in [0.2, 0.25) is 0 Å². The molecule has 1 amide bonds. The van der Waals surface area contributed by atoms with Gasteiger partial charge < -0.3 is 10.1 Å². The quantitative estimate of drug-likeness (QED) is 0.437. The largest absolute Gasteiger partial charge is 0.489 e. The Morgan fingerprint density at radius 1 is 0.967 bits per heavy atom. The van der Waals surface area contributed by atoms with Gasteiger partial charge in [-0.2, -0.15) is 5.10 Å². The molecular weight excluding hydrogens is 398 g/mol. The lowest BCUT2D eigenvalue weighted by Crippen LogP contribution is -2.12. The molecule has 4 rings (SSSR count). The number of carbonyl (C=O) groups is 1. The molecule has 30 heavy (non-hydrogen) atoms. The van der Waals surface area contributed by atoms with Crippen LogP contribution in [0.3, 0.4) is 0 Å². The minimum Gasteiger partial charge on any atom is -0.489 e. The van der Waals surface area contributed by atoms with Gasteiger partial charge in [-0.25, -0.2) is 0 Å². The molecule has 1 aromatic heterocycles. The van der Waals surface area contributed by atoms with Crippen LogP contribution in [0.4, 0.5) is 5.69 Å². The molecule has 0 unspecified atom stereocenters. The number of amides is 1. The fourth-order valence-electron chi connectivity index (χ4n) is 3.01. The van der Waals surface area contributed by atoms with Crippen LogP contribution in [0.5, 0.6) is 5.75 Å². The van der Waals surface area contributed by atoms with Crippen molar-refractivity contribution in [3.05, 3.63) is 113 Å². The number of benzene rings is 3. The fraction of sp³-hybridized carbons (Fsp3) is 0.0833.